The Balaban J connectivity index is 2.44. The van der Waals surface area contributed by atoms with E-state index < -0.39 is 11.6 Å². The van der Waals surface area contributed by atoms with Crippen LogP contribution in [0.4, 0.5) is 4.39 Å². The van der Waals surface area contributed by atoms with Crippen LogP contribution in [0, 0.1) is 5.82 Å². The molecule has 0 aliphatic rings. The summed E-state index contributed by atoms with van der Waals surface area (Å²) in [6, 6.07) is 1.41. The van der Waals surface area contributed by atoms with E-state index in [9.17, 15) is 9.18 Å². The summed E-state index contributed by atoms with van der Waals surface area (Å²) >= 11 is 0. The van der Waals surface area contributed by atoms with Crippen molar-refractivity contribution in [2.75, 3.05) is 21.3 Å². The Morgan fingerprint density at radius 1 is 1.45 bits per heavy atom. The molecule has 0 radical (unpaired) electrons. The van der Waals surface area contributed by atoms with Crippen molar-refractivity contribution in [2.45, 2.75) is 0 Å². The number of allylic oxidation sites excluding steroid dienone is 1. The second kappa shape index (κ2) is 6.76. The zero-order valence-corrected chi connectivity index (χ0v) is 12.1. The summed E-state index contributed by atoms with van der Waals surface area (Å²) in [5.74, 6) is -1.35. The quantitative estimate of drug-likeness (QED) is 0.448. The number of methoxy groups -OCH3 is 1. The van der Waals surface area contributed by atoms with Crippen LogP contribution in [0.25, 0.3) is 5.70 Å². The van der Waals surface area contributed by atoms with Gasteiger partial charge >= 0.3 is 0 Å². The Kier molecular flexibility index (Phi) is 4.79. The highest BCUT2D eigenvalue weighted by Crippen LogP contribution is 2.19. The number of carbonyl (C=O) groups excluding carboxylic acids is 1. The molecule has 0 saturated carbocycles. The summed E-state index contributed by atoms with van der Waals surface area (Å²) in [6.07, 6.45) is 3.42. The number of carbonyl (C=O) groups is 1. The third-order valence-corrected chi connectivity index (χ3v) is 2.71. The maximum atomic E-state index is 13.4. The zero-order valence-electron chi connectivity index (χ0n) is 12.1. The molecule has 22 heavy (non-hydrogen) atoms. The van der Waals surface area contributed by atoms with Gasteiger partial charge in [-0.3, -0.25) is 14.7 Å². The average molecular weight is 308 g/mol. The molecule has 0 saturated heterocycles. The summed E-state index contributed by atoms with van der Waals surface area (Å²) < 4.78 is 22.8. The SMILES string of the molecule is COc1nc(/C(=C\C(=O)c2ccon2)N(C)OC)ncc1F. The van der Waals surface area contributed by atoms with E-state index in [1.807, 2.05) is 0 Å². The van der Waals surface area contributed by atoms with Crippen molar-refractivity contribution in [3.63, 3.8) is 0 Å². The van der Waals surface area contributed by atoms with Gasteiger partial charge in [-0.1, -0.05) is 5.16 Å². The summed E-state index contributed by atoms with van der Waals surface area (Å²) in [5, 5.41) is 4.80. The van der Waals surface area contributed by atoms with E-state index in [2.05, 4.69) is 19.6 Å². The van der Waals surface area contributed by atoms with Crippen LogP contribution in [0.15, 0.2) is 29.1 Å². The van der Waals surface area contributed by atoms with E-state index in [1.165, 1.54) is 37.7 Å². The minimum atomic E-state index is -0.714. The molecule has 0 spiro atoms. The highest BCUT2D eigenvalue weighted by atomic mass is 19.1. The molecular formula is C13H13FN4O4. The molecular weight excluding hydrogens is 295 g/mol. The highest BCUT2D eigenvalue weighted by molar-refractivity contribution is 6.06. The van der Waals surface area contributed by atoms with Gasteiger partial charge in [0.1, 0.15) is 12.0 Å². The summed E-state index contributed by atoms with van der Waals surface area (Å²) in [6.45, 7) is 0. The van der Waals surface area contributed by atoms with Crippen LogP contribution in [0.1, 0.15) is 16.3 Å². The normalized spacial score (nSPS) is 11.4. The summed E-state index contributed by atoms with van der Waals surface area (Å²) in [4.78, 5) is 24.9. The van der Waals surface area contributed by atoms with Crippen molar-refractivity contribution in [3.05, 3.63) is 41.9 Å². The van der Waals surface area contributed by atoms with Crippen LogP contribution in [-0.4, -0.2) is 47.2 Å². The van der Waals surface area contributed by atoms with Crippen LogP contribution in [-0.2, 0) is 4.84 Å². The first-order valence-electron chi connectivity index (χ1n) is 6.08. The van der Waals surface area contributed by atoms with Crippen molar-refractivity contribution in [2.24, 2.45) is 0 Å². The fourth-order valence-electron chi connectivity index (χ4n) is 1.55. The van der Waals surface area contributed by atoms with Gasteiger partial charge in [0, 0.05) is 19.2 Å². The van der Waals surface area contributed by atoms with Crippen LogP contribution < -0.4 is 4.74 Å². The van der Waals surface area contributed by atoms with Gasteiger partial charge in [-0.25, -0.2) is 4.98 Å². The standard InChI is InChI=1S/C13H13FN4O4/c1-18(21-3)10(6-11(19)9-4-5-22-17-9)12-15-7-8(14)13(16-12)20-2/h4-7H,1-3H3/b10-6+. The first-order valence-corrected chi connectivity index (χ1v) is 6.08. The minimum absolute atomic E-state index is 0.0550. The van der Waals surface area contributed by atoms with Crippen LogP contribution >= 0.6 is 0 Å². The minimum Gasteiger partial charge on any atom is -0.479 e. The number of rotatable bonds is 6. The zero-order chi connectivity index (χ0) is 16.1. The number of hydroxylamine groups is 2. The number of hydrogen-bond donors (Lipinski definition) is 0. The van der Waals surface area contributed by atoms with E-state index in [0.29, 0.717) is 0 Å². The maximum absolute atomic E-state index is 13.4. The molecule has 0 amide bonds. The summed E-state index contributed by atoms with van der Waals surface area (Å²) in [7, 11) is 4.22. The highest BCUT2D eigenvalue weighted by Gasteiger charge is 2.17. The first-order chi connectivity index (χ1) is 10.6. The molecule has 0 fully saturated rings. The van der Waals surface area contributed by atoms with E-state index in [1.54, 1.807) is 7.05 Å². The van der Waals surface area contributed by atoms with Gasteiger partial charge in [0.2, 0.25) is 11.6 Å². The van der Waals surface area contributed by atoms with Crippen molar-refractivity contribution in [3.8, 4) is 5.88 Å². The number of nitrogens with zero attached hydrogens (tertiary/aromatic N) is 4. The van der Waals surface area contributed by atoms with E-state index in [-0.39, 0.29) is 23.1 Å². The molecule has 2 rings (SSSR count). The van der Waals surface area contributed by atoms with Crippen molar-refractivity contribution in [1.82, 2.24) is 20.2 Å². The molecule has 8 nitrogen and oxygen atoms in total. The molecule has 0 atom stereocenters. The number of halogens is 1. The Labute approximate surface area is 125 Å². The average Bonchev–Trinajstić information content (AvgIpc) is 3.07. The van der Waals surface area contributed by atoms with Crippen LogP contribution in [0.5, 0.6) is 5.88 Å². The topological polar surface area (TPSA) is 90.6 Å². The molecule has 0 aliphatic heterocycles. The molecule has 0 aromatic carbocycles. The van der Waals surface area contributed by atoms with Crippen molar-refractivity contribution >= 4 is 11.5 Å². The fourth-order valence-corrected chi connectivity index (χ4v) is 1.55. The lowest BCUT2D eigenvalue weighted by Gasteiger charge is -2.18. The molecule has 2 aromatic rings. The Morgan fingerprint density at radius 3 is 2.82 bits per heavy atom. The smallest absolute Gasteiger partial charge is 0.253 e. The lowest BCUT2D eigenvalue weighted by Crippen LogP contribution is -2.18. The van der Waals surface area contributed by atoms with Gasteiger partial charge < -0.3 is 9.26 Å². The van der Waals surface area contributed by atoms with Gasteiger partial charge in [-0.05, 0) is 0 Å². The van der Waals surface area contributed by atoms with E-state index in [4.69, 9.17) is 9.57 Å². The number of ketones is 1. The predicted molar refractivity (Wildman–Crippen MR) is 72.1 cm³/mol. The third kappa shape index (κ3) is 3.26. The number of ether oxygens (including phenoxy) is 1. The van der Waals surface area contributed by atoms with Crippen LogP contribution in [0.2, 0.25) is 0 Å². The molecule has 2 aromatic heterocycles. The fraction of sp³-hybridized carbons (Fsp3) is 0.231. The second-order valence-electron chi connectivity index (χ2n) is 4.01. The molecule has 116 valence electrons. The lowest BCUT2D eigenvalue weighted by molar-refractivity contribution is -0.0533. The molecule has 2 heterocycles. The lowest BCUT2D eigenvalue weighted by atomic mass is 10.2. The molecule has 0 aliphatic carbocycles. The Morgan fingerprint density at radius 2 is 2.23 bits per heavy atom. The first kappa shape index (κ1) is 15.6. The Bertz CT molecular complexity index is 687. The van der Waals surface area contributed by atoms with Crippen LogP contribution in [0.3, 0.4) is 0 Å². The third-order valence-electron chi connectivity index (χ3n) is 2.71. The van der Waals surface area contributed by atoms with E-state index >= 15 is 0 Å². The largest absolute Gasteiger partial charge is 0.479 e. The predicted octanol–water partition coefficient (Wildman–Crippen LogP) is 1.33. The van der Waals surface area contributed by atoms with Gasteiger partial charge in [0.15, 0.2) is 11.5 Å². The van der Waals surface area contributed by atoms with Crippen molar-refractivity contribution in [1.29, 1.82) is 0 Å². The molecule has 9 heteroatoms. The van der Waals surface area contributed by atoms with Gasteiger partial charge in [-0.2, -0.15) is 9.37 Å². The second-order valence-corrected chi connectivity index (χ2v) is 4.01. The number of aromatic nitrogens is 3. The Hall–Kier alpha value is -2.81. The maximum Gasteiger partial charge on any atom is 0.253 e. The van der Waals surface area contributed by atoms with Crippen molar-refractivity contribution < 1.29 is 23.3 Å². The monoisotopic (exact) mass is 308 g/mol. The van der Waals surface area contributed by atoms with E-state index in [0.717, 1.165) is 6.20 Å². The number of hydrogen-bond acceptors (Lipinski definition) is 8. The molecule has 0 N–H and O–H groups in total. The molecule has 0 unspecified atom stereocenters. The molecule has 0 bridgehead atoms. The van der Waals surface area contributed by atoms with Gasteiger partial charge in [-0.15, -0.1) is 0 Å². The van der Waals surface area contributed by atoms with Gasteiger partial charge in [0.05, 0.1) is 20.4 Å². The van der Waals surface area contributed by atoms with Gasteiger partial charge in [0.25, 0.3) is 5.88 Å². The summed E-state index contributed by atoms with van der Waals surface area (Å²) in [5.41, 5.74) is 0.310.